The number of para-hydroxylation sites is 2. The zero-order valence-electron chi connectivity index (χ0n) is 14.5. The number of benzene rings is 3. The van der Waals surface area contributed by atoms with Gasteiger partial charge in [-0.2, -0.15) is 0 Å². The molecular weight excluding hydrogens is 316 g/mol. The summed E-state index contributed by atoms with van der Waals surface area (Å²) in [7, 11) is 0. The van der Waals surface area contributed by atoms with E-state index >= 15 is 0 Å². The van der Waals surface area contributed by atoms with Crippen LogP contribution in [0.1, 0.15) is 12.8 Å². The zero-order chi connectivity index (χ0) is 17.3. The maximum atomic E-state index is 3.59. The molecule has 126 valence electrons. The van der Waals surface area contributed by atoms with E-state index in [4.69, 9.17) is 0 Å². The van der Waals surface area contributed by atoms with Crippen molar-refractivity contribution >= 4 is 27.5 Å². The minimum atomic E-state index is 1.07. The van der Waals surface area contributed by atoms with Gasteiger partial charge in [0, 0.05) is 27.8 Å². The quantitative estimate of drug-likeness (QED) is 0.456. The van der Waals surface area contributed by atoms with E-state index in [0.717, 1.165) is 18.5 Å². The van der Waals surface area contributed by atoms with Crippen molar-refractivity contribution in [3.8, 4) is 5.69 Å². The first-order valence-corrected chi connectivity index (χ1v) is 9.11. The molecule has 0 radical (unpaired) electrons. The first kappa shape index (κ1) is 15.0. The second kappa shape index (κ2) is 6.23. The summed E-state index contributed by atoms with van der Waals surface area (Å²) >= 11 is 0. The smallest absolute Gasteiger partial charge is 0.0561 e. The zero-order valence-corrected chi connectivity index (χ0v) is 14.5. The normalized spacial score (nSPS) is 13.9. The standard InChI is InChI=1S/C24H20N2/c1-3-9-18(10-4-1)25-19-15-16-22-21-13-7-8-14-23(21)26(24(22)17-19)20-11-5-2-6-12-20/h1-3,5-9,11-17,25H,4,10H2. The number of nitrogens with zero attached hydrogens (tertiary/aromatic N) is 1. The van der Waals surface area contributed by atoms with Gasteiger partial charge in [-0.05, 0) is 49.2 Å². The Morgan fingerprint density at radius 1 is 0.769 bits per heavy atom. The van der Waals surface area contributed by atoms with Crippen molar-refractivity contribution in [3.63, 3.8) is 0 Å². The second-order valence-corrected chi connectivity index (χ2v) is 6.70. The summed E-state index contributed by atoms with van der Waals surface area (Å²) < 4.78 is 2.35. The molecule has 1 N–H and O–H groups in total. The average Bonchev–Trinajstić information content (AvgIpc) is 3.03. The van der Waals surface area contributed by atoms with E-state index < -0.39 is 0 Å². The molecular formula is C24H20N2. The molecule has 1 heterocycles. The lowest BCUT2D eigenvalue weighted by atomic mass is 10.1. The van der Waals surface area contributed by atoms with Gasteiger partial charge in [-0.25, -0.2) is 0 Å². The Bertz CT molecular complexity index is 1150. The number of nitrogens with one attached hydrogen (secondary N) is 1. The molecule has 1 aromatic heterocycles. The Morgan fingerprint density at radius 2 is 1.58 bits per heavy atom. The Morgan fingerprint density at radius 3 is 2.42 bits per heavy atom. The average molecular weight is 336 g/mol. The van der Waals surface area contributed by atoms with Crippen LogP contribution < -0.4 is 5.32 Å². The van der Waals surface area contributed by atoms with Crippen LogP contribution in [0.5, 0.6) is 0 Å². The van der Waals surface area contributed by atoms with Gasteiger partial charge in [0.15, 0.2) is 0 Å². The molecule has 0 amide bonds. The number of rotatable bonds is 3. The molecule has 26 heavy (non-hydrogen) atoms. The van der Waals surface area contributed by atoms with Crippen molar-refractivity contribution in [2.24, 2.45) is 0 Å². The number of allylic oxidation sites excluding steroid dienone is 4. The maximum Gasteiger partial charge on any atom is 0.0561 e. The summed E-state index contributed by atoms with van der Waals surface area (Å²) in [6, 6.07) is 25.9. The van der Waals surface area contributed by atoms with E-state index in [1.54, 1.807) is 0 Å². The highest BCUT2D eigenvalue weighted by Crippen LogP contribution is 2.33. The predicted molar refractivity (Wildman–Crippen MR) is 111 cm³/mol. The second-order valence-electron chi connectivity index (χ2n) is 6.70. The van der Waals surface area contributed by atoms with Crippen molar-refractivity contribution in [2.75, 3.05) is 5.32 Å². The van der Waals surface area contributed by atoms with Gasteiger partial charge in [0.2, 0.25) is 0 Å². The van der Waals surface area contributed by atoms with Gasteiger partial charge in [-0.15, -0.1) is 0 Å². The molecule has 0 spiro atoms. The first-order chi connectivity index (χ1) is 12.9. The molecule has 2 nitrogen and oxygen atoms in total. The molecule has 0 atom stereocenters. The fourth-order valence-electron chi connectivity index (χ4n) is 3.80. The van der Waals surface area contributed by atoms with Crippen LogP contribution in [0.2, 0.25) is 0 Å². The minimum absolute atomic E-state index is 1.07. The van der Waals surface area contributed by atoms with E-state index in [1.165, 1.54) is 33.2 Å². The van der Waals surface area contributed by atoms with E-state index in [-0.39, 0.29) is 0 Å². The fourth-order valence-corrected chi connectivity index (χ4v) is 3.80. The molecule has 5 rings (SSSR count). The number of aromatic nitrogens is 1. The number of fused-ring (bicyclic) bond motifs is 3. The number of hydrogen-bond acceptors (Lipinski definition) is 1. The Kier molecular flexibility index (Phi) is 3.60. The lowest BCUT2D eigenvalue weighted by Crippen LogP contribution is -2.01. The molecule has 2 heteroatoms. The molecule has 0 unspecified atom stereocenters. The van der Waals surface area contributed by atoms with E-state index in [9.17, 15) is 0 Å². The number of hydrogen-bond donors (Lipinski definition) is 1. The molecule has 1 aliphatic rings. The van der Waals surface area contributed by atoms with Gasteiger partial charge in [0.1, 0.15) is 0 Å². The van der Waals surface area contributed by atoms with Crippen LogP contribution in [0, 0.1) is 0 Å². The predicted octanol–water partition coefficient (Wildman–Crippen LogP) is 6.43. The van der Waals surface area contributed by atoms with Crippen LogP contribution in [0.4, 0.5) is 5.69 Å². The van der Waals surface area contributed by atoms with Gasteiger partial charge in [0.25, 0.3) is 0 Å². The molecule has 0 saturated heterocycles. The highest BCUT2D eigenvalue weighted by atomic mass is 15.0. The summed E-state index contributed by atoms with van der Waals surface area (Å²) in [5.74, 6) is 0. The van der Waals surface area contributed by atoms with Crippen LogP contribution in [-0.2, 0) is 0 Å². The van der Waals surface area contributed by atoms with Crippen molar-refractivity contribution in [1.82, 2.24) is 4.57 Å². The van der Waals surface area contributed by atoms with Crippen LogP contribution in [-0.4, -0.2) is 4.57 Å². The maximum absolute atomic E-state index is 3.59. The van der Waals surface area contributed by atoms with Crippen molar-refractivity contribution in [2.45, 2.75) is 12.8 Å². The Balaban J connectivity index is 1.73. The largest absolute Gasteiger partial charge is 0.359 e. The van der Waals surface area contributed by atoms with Crippen molar-refractivity contribution < 1.29 is 0 Å². The van der Waals surface area contributed by atoms with Gasteiger partial charge in [-0.3, -0.25) is 0 Å². The molecule has 0 bridgehead atoms. The summed E-state index contributed by atoms with van der Waals surface area (Å²) in [5, 5.41) is 6.17. The third kappa shape index (κ3) is 2.51. The molecule has 3 aromatic carbocycles. The molecule has 0 aliphatic heterocycles. The lowest BCUT2D eigenvalue weighted by molar-refractivity contribution is 0.967. The highest BCUT2D eigenvalue weighted by Gasteiger charge is 2.12. The Hall–Kier alpha value is -3.26. The molecule has 0 saturated carbocycles. The molecule has 4 aromatic rings. The third-order valence-corrected chi connectivity index (χ3v) is 5.01. The number of anilines is 1. The fraction of sp³-hybridized carbons (Fsp3) is 0.0833. The summed E-state index contributed by atoms with van der Waals surface area (Å²) in [4.78, 5) is 0. The molecule has 1 aliphatic carbocycles. The van der Waals surface area contributed by atoms with Crippen LogP contribution in [0.3, 0.4) is 0 Å². The highest BCUT2D eigenvalue weighted by molar-refractivity contribution is 6.10. The summed E-state index contributed by atoms with van der Waals surface area (Å²) in [6.07, 6.45) is 8.68. The first-order valence-electron chi connectivity index (χ1n) is 9.11. The van der Waals surface area contributed by atoms with E-state index in [2.05, 4.69) is 101 Å². The van der Waals surface area contributed by atoms with Crippen LogP contribution >= 0.6 is 0 Å². The lowest BCUT2D eigenvalue weighted by Gasteiger charge is -2.13. The van der Waals surface area contributed by atoms with Crippen molar-refractivity contribution in [1.29, 1.82) is 0 Å². The Labute approximate surface area is 153 Å². The van der Waals surface area contributed by atoms with Gasteiger partial charge < -0.3 is 9.88 Å². The van der Waals surface area contributed by atoms with Gasteiger partial charge in [-0.1, -0.05) is 54.6 Å². The van der Waals surface area contributed by atoms with Gasteiger partial charge in [0.05, 0.1) is 11.0 Å². The monoisotopic (exact) mass is 336 g/mol. The van der Waals surface area contributed by atoms with E-state index in [0.29, 0.717) is 0 Å². The van der Waals surface area contributed by atoms with Crippen LogP contribution in [0.15, 0.2) is 96.7 Å². The van der Waals surface area contributed by atoms with Crippen molar-refractivity contribution in [3.05, 3.63) is 96.7 Å². The van der Waals surface area contributed by atoms with Crippen LogP contribution in [0.25, 0.3) is 27.5 Å². The third-order valence-electron chi connectivity index (χ3n) is 5.01. The summed E-state index contributed by atoms with van der Waals surface area (Å²) in [5.41, 5.74) is 6.07. The SMILES string of the molecule is C1=CCCC(Nc2ccc3c4ccccc4n(-c4ccccc4)c3c2)=C1. The van der Waals surface area contributed by atoms with E-state index in [1.807, 2.05) is 0 Å². The van der Waals surface area contributed by atoms with Gasteiger partial charge >= 0.3 is 0 Å². The minimum Gasteiger partial charge on any atom is -0.359 e. The molecule has 0 fully saturated rings. The topological polar surface area (TPSA) is 17.0 Å². The summed E-state index contributed by atoms with van der Waals surface area (Å²) in [6.45, 7) is 0.